The Kier molecular flexibility index (Phi) is 6.03. The minimum Gasteiger partial charge on any atom is -0.481 e. The van der Waals surface area contributed by atoms with Crippen LogP contribution in [0.1, 0.15) is 40.2 Å². The standard InChI is InChI=1S/C21H26N2O3/c1-14(26-19-12-6-16(7-13-19)21(3,4)5)20(25)23-18-10-8-17(9-11-18)22-15(2)24/h6-14H,1-5H3,(H,22,24)(H,23,25)/t14-/m1/s1. The van der Waals surface area contributed by atoms with Crippen LogP contribution in [0, 0.1) is 0 Å². The molecular weight excluding hydrogens is 328 g/mol. The van der Waals surface area contributed by atoms with Crippen molar-refractivity contribution < 1.29 is 14.3 Å². The van der Waals surface area contributed by atoms with Gasteiger partial charge in [-0.25, -0.2) is 0 Å². The van der Waals surface area contributed by atoms with Crippen molar-refractivity contribution in [2.24, 2.45) is 0 Å². The Bertz CT molecular complexity index is 759. The first-order valence-corrected chi connectivity index (χ1v) is 8.61. The van der Waals surface area contributed by atoms with Crippen LogP contribution < -0.4 is 15.4 Å². The second-order valence-corrected chi connectivity index (χ2v) is 7.28. The molecule has 0 spiro atoms. The molecule has 138 valence electrons. The minimum atomic E-state index is -0.634. The van der Waals surface area contributed by atoms with Gasteiger partial charge in [-0.3, -0.25) is 9.59 Å². The summed E-state index contributed by atoms with van der Waals surface area (Å²) in [6, 6.07) is 14.7. The van der Waals surface area contributed by atoms with Crippen molar-refractivity contribution in [3.63, 3.8) is 0 Å². The van der Waals surface area contributed by atoms with Crippen LogP contribution in [-0.2, 0) is 15.0 Å². The summed E-state index contributed by atoms with van der Waals surface area (Å²) >= 11 is 0. The van der Waals surface area contributed by atoms with Gasteiger partial charge in [-0.15, -0.1) is 0 Å². The molecule has 2 aromatic rings. The molecule has 0 saturated carbocycles. The van der Waals surface area contributed by atoms with Crippen LogP contribution in [0.25, 0.3) is 0 Å². The molecule has 1 atom stereocenters. The average molecular weight is 354 g/mol. The van der Waals surface area contributed by atoms with E-state index in [1.54, 1.807) is 31.2 Å². The number of hydrogen-bond donors (Lipinski definition) is 2. The third-order valence-corrected chi connectivity index (χ3v) is 3.88. The maximum atomic E-state index is 12.3. The Morgan fingerprint density at radius 3 is 1.85 bits per heavy atom. The Labute approximate surface area is 154 Å². The van der Waals surface area contributed by atoms with Crippen molar-refractivity contribution in [3.8, 4) is 5.75 Å². The zero-order chi connectivity index (χ0) is 19.3. The van der Waals surface area contributed by atoms with Gasteiger partial charge in [-0.1, -0.05) is 32.9 Å². The summed E-state index contributed by atoms with van der Waals surface area (Å²) in [7, 11) is 0. The summed E-state index contributed by atoms with van der Waals surface area (Å²) in [6.45, 7) is 9.60. The summed E-state index contributed by atoms with van der Waals surface area (Å²) in [5, 5.41) is 5.48. The molecule has 2 amide bonds. The third-order valence-electron chi connectivity index (χ3n) is 3.88. The van der Waals surface area contributed by atoms with Gasteiger partial charge in [0.1, 0.15) is 5.75 Å². The van der Waals surface area contributed by atoms with Crippen LogP contribution in [0.5, 0.6) is 5.75 Å². The normalized spacial score (nSPS) is 12.2. The van der Waals surface area contributed by atoms with Crippen LogP contribution in [-0.4, -0.2) is 17.9 Å². The third kappa shape index (κ3) is 5.62. The first kappa shape index (κ1) is 19.5. The van der Waals surface area contributed by atoms with E-state index in [0.29, 0.717) is 17.1 Å². The van der Waals surface area contributed by atoms with Gasteiger partial charge in [-0.2, -0.15) is 0 Å². The summed E-state index contributed by atoms with van der Waals surface area (Å²) in [6.07, 6.45) is -0.634. The highest BCUT2D eigenvalue weighted by Gasteiger charge is 2.16. The molecule has 2 aromatic carbocycles. The number of ether oxygens (including phenoxy) is 1. The first-order chi connectivity index (χ1) is 12.1. The predicted molar refractivity (Wildman–Crippen MR) is 105 cm³/mol. The van der Waals surface area contributed by atoms with Crippen LogP contribution in [0.2, 0.25) is 0 Å². The highest BCUT2D eigenvalue weighted by molar-refractivity contribution is 5.94. The molecule has 0 aromatic heterocycles. The van der Waals surface area contributed by atoms with E-state index in [1.165, 1.54) is 12.5 Å². The Balaban J connectivity index is 1.94. The second-order valence-electron chi connectivity index (χ2n) is 7.28. The van der Waals surface area contributed by atoms with Gasteiger partial charge >= 0.3 is 0 Å². The fraction of sp³-hybridized carbons (Fsp3) is 0.333. The topological polar surface area (TPSA) is 67.4 Å². The lowest BCUT2D eigenvalue weighted by atomic mass is 9.87. The summed E-state index contributed by atoms with van der Waals surface area (Å²) in [4.78, 5) is 23.3. The van der Waals surface area contributed by atoms with E-state index in [1.807, 2.05) is 24.3 Å². The van der Waals surface area contributed by atoms with E-state index < -0.39 is 6.10 Å². The van der Waals surface area contributed by atoms with Crippen LogP contribution in [0.15, 0.2) is 48.5 Å². The van der Waals surface area contributed by atoms with Gasteiger partial charge in [0.05, 0.1) is 0 Å². The molecule has 2 rings (SSSR count). The van der Waals surface area contributed by atoms with Gasteiger partial charge in [0.25, 0.3) is 5.91 Å². The van der Waals surface area contributed by atoms with Crippen molar-refractivity contribution in [2.45, 2.75) is 46.1 Å². The summed E-state index contributed by atoms with van der Waals surface area (Å²) < 4.78 is 5.72. The lowest BCUT2D eigenvalue weighted by molar-refractivity contribution is -0.122. The zero-order valence-corrected chi connectivity index (χ0v) is 15.9. The maximum Gasteiger partial charge on any atom is 0.265 e. The number of anilines is 2. The molecule has 26 heavy (non-hydrogen) atoms. The fourth-order valence-electron chi connectivity index (χ4n) is 2.38. The van der Waals surface area contributed by atoms with E-state index in [-0.39, 0.29) is 17.2 Å². The summed E-state index contributed by atoms with van der Waals surface area (Å²) in [5.74, 6) is 0.278. The van der Waals surface area contributed by atoms with Crippen molar-refractivity contribution in [3.05, 3.63) is 54.1 Å². The molecule has 0 radical (unpaired) electrons. The fourth-order valence-corrected chi connectivity index (χ4v) is 2.38. The number of carbonyl (C=O) groups excluding carboxylic acids is 2. The maximum absolute atomic E-state index is 12.3. The monoisotopic (exact) mass is 354 g/mol. The predicted octanol–water partition coefficient (Wildman–Crippen LogP) is 4.35. The van der Waals surface area contributed by atoms with Crippen LogP contribution in [0.3, 0.4) is 0 Å². The Morgan fingerprint density at radius 1 is 0.885 bits per heavy atom. The minimum absolute atomic E-state index is 0.0743. The van der Waals surface area contributed by atoms with E-state index in [2.05, 4.69) is 31.4 Å². The molecular formula is C21H26N2O3. The number of carbonyl (C=O) groups is 2. The van der Waals surface area contributed by atoms with E-state index in [0.717, 1.165) is 0 Å². The molecule has 0 heterocycles. The largest absolute Gasteiger partial charge is 0.481 e. The number of hydrogen-bond acceptors (Lipinski definition) is 3. The van der Waals surface area contributed by atoms with Gasteiger partial charge in [0, 0.05) is 18.3 Å². The second kappa shape index (κ2) is 8.04. The number of amides is 2. The molecule has 0 aliphatic rings. The molecule has 2 N–H and O–H groups in total. The van der Waals surface area contributed by atoms with E-state index in [9.17, 15) is 9.59 Å². The lowest BCUT2D eigenvalue weighted by Crippen LogP contribution is -2.30. The molecule has 0 aliphatic carbocycles. The van der Waals surface area contributed by atoms with Gasteiger partial charge in [0.15, 0.2) is 6.10 Å². The number of benzene rings is 2. The van der Waals surface area contributed by atoms with Gasteiger partial charge in [-0.05, 0) is 54.3 Å². The highest BCUT2D eigenvalue weighted by Crippen LogP contribution is 2.24. The number of nitrogens with one attached hydrogen (secondary N) is 2. The molecule has 5 heteroatoms. The van der Waals surface area contributed by atoms with Crippen molar-refractivity contribution in [1.29, 1.82) is 0 Å². The highest BCUT2D eigenvalue weighted by atomic mass is 16.5. The number of rotatable bonds is 5. The molecule has 0 fully saturated rings. The lowest BCUT2D eigenvalue weighted by Gasteiger charge is -2.20. The average Bonchev–Trinajstić information content (AvgIpc) is 2.55. The van der Waals surface area contributed by atoms with Crippen molar-refractivity contribution in [1.82, 2.24) is 0 Å². The van der Waals surface area contributed by atoms with Gasteiger partial charge in [0.2, 0.25) is 5.91 Å². The van der Waals surface area contributed by atoms with E-state index >= 15 is 0 Å². The van der Waals surface area contributed by atoms with Crippen molar-refractivity contribution in [2.75, 3.05) is 10.6 Å². The summed E-state index contributed by atoms with van der Waals surface area (Å²) in [5.41, 5.74) is 2.60. The Hall–Kier alpha value is -2.82. The van der Waals surface area contributed by atoms with Crippen molar-refractivity contribution >= 4 is 23.2 Å². The smallest absolute Gasteiger partial charge is 0.265 e. The quantitative estimate of drug-likeness (QED) is 0.839. The zero-order valence-electron chi connectivity index (χ0n) is 15.9. The molecule has 5 nitrogen and oxygen atoms in total. The molecule has 0 unspecified atom stereocenters. The molecule has 0 aliphatic heterocycles. The molecule has 0 bridgehead atoms. The van der Waals surface area contributed by atoms with Crippen LogP contribution >= 0.6 is 0 Å². The first-order valence-electron chi connectivity index (χ1n) is 8.61. The van der Waals surface area contributed by atoms with Gasteiger partial charge < -0.3 is 15.4 Å². The molecule has 0 saturated heterocycles. The van der Waals surface area contributed by atoms with Crippen LogP contribution in [0.4, 0.5) is 11.4 Å². The van der Waals surface area contributed by atoms with E-state index in [4.69, 9.17) is 4.74 Å². The Morgan fingerprint density at radius 2 is 1.38 bits per heavy atom. The SMILES string of the molecule is CC(=O)Nc1ccc(NC(=O)[C@@H](C)Oc2ccc(C(C)(C)C)cc2)cc1.